The summed E-state index contributed by atoms with van der Waals surface area (Å²) < 4.78 is 13.6. The van der Waals surface area contributed by atoms with E-state index in [-0.39, 0.29) is 6.10 Å². The first-order chi connectivity index (χ1) is 12.8. The number of halogens is 1. The predicted molar refractivity (Wildman–Crippen MR) is 103 cm³/mol. The number of thioether (sulfide) groups is 1. The second-order valence-electron chi connectivity index (χ2n) is 6.54. The van der Waals surface area contributed by atoms with Crippen LogP contribution in [0.3, 0.4) is 0 Å². The Morgan fingerprint density at radius 2 is 1.92 bits per heavy atom. The fraction of sp³-hybridized carbons (Fsp3) is 0.556. The van der Waals surface area contributed by atoms with E-state index in [1.807, 2.05) is 12.1 Å². The molecule has 6 nitrogen and oxygen atoms in total. The molecule has 140 valence electrons. The molecular weight excluding hydrogens is 372 g/mol. The van der Waals surface area contributed by atoms with E-state index in [0.717, 1.165) is 74.2 Å². The number of aromatic nitrogens is 3. The van der Waals surface area contributed by atoms with Crippen LogP contribution in [0.4, 0.5) is 5.95 Å². The average molecular weight is 395 g/mol. The smallest absolute Gasteiger partial charge is 0.228 e. The molecule has 2 aliphatic rings. The molecule has 0 N–H and O–H groups in total. The lowest BCUT2D eigenvalue weighted by Crippen LogP contribution is -2.38. The molecule has 0 saturated carbocycles. The van der Waals surface area contributed by atoms with Crippen LogP contribution < -0.4 is 4.90 Å². The first-order valence-electron chi connectivity index (χ1n) is 9.04. The summed E-state index contributed by atoms with van der Waals surface area (Å²) in [5, 5.41) is 10.7. The number of ether oxygens (including phenoxy) is 2. The van der Waals surface area contributed by atoms with Crippen LogP contribution in [0.5, 0.6) is 0 Å². The third-order valence-electron chi connectivity index (χ3n) is 4.68. The van der Waals surface area contributed by atoms with Crippen LogP contribution in [-0.4, -0.2) is 53.8 Å². The van der Waals surface area contributed by atoms with Crippen LogP contribution in [0.15, 0.2) is 29.4 Å². The molecular formula is C18H23ClN4O2S. The normalized spacial score (nSPS) is 20.7. The first-order valence-corrected chi connectivity index (χ1v) is 10.4. The average Bonchev–Trinajstić information content (AvgIpc) is 3.33. The number of anilines is 1. The molecule has 1 aromatic carbocycles. The minimum Gasteiger partial charge on any atom is -0.378 e. The summed E-state index contributed by atoms with van der Waals surface area (Å²) in [5.41, 5.74) is 1.22. The molecule has 2 aliphatic heterocycles. The van der Waals surface area contributed by atoms with Gasteiger partial charge >= 0.3 is 0 Å². The quantitative estimate of drug-likeness (QED) is 0.701. The molecule has 2 aromatic rings. The zero-order valence-electron chi connectivity index (χ0n) is 14.6. The molecule has 0 amide bonds. The monoisotopic (exact) mass is 394 g/mol. The highest BCUT2D eigenvalue weighted by atomic mass is 35.5. The number of hydrogen-bond acceptors (Lipinski definition) is 6. The van der Waals surface area contributed by atoms with Gasteiger partial charge in [0.15, 0.2) is 5.16 Å². The van der Waals surface area contributed by atoms with Crippen LogP contribution in [0, 0.1) is 0 Å². The second-order valence-corrected chi connectivity index (χ2v) is 7.92. The van der Waals surface area contributed by atoms with Crippen molar-refractivity contribution in [3.63, 3.8) is 0 Å². The van der Waals surface area contributed by atoms with Crippen molar-refractivity contribution in [3.8, 4) is 0 Å². The van der Waals surface area contributed by atoms with Gasteiger partial charge in [-0.3, -0.25) is 4.57 Å². The van der Waals surface area contributed by atoms with E-state index in [1.54, 1.807) is 11.8 Å². The summed E-state index contributed by atoms with van der Waals surface area (Å²) in [6.45, 7) is 4.84. The maximum absolute atomic E-state index is 5.98. The molecule has 0 spiro atoms. The molecule has 26 heavy (non-hydrogen) atoms. The van der Waals surface area contributed by atoms with Gasteiger partial charge in [0.05, 0.1) is 25.9 Å². The van der Waals surface area contributed by atoms with E-state index >= 15 is 0 Å². The van der Waals surface area contributed by atoms with Gasteiger partial charge in [-0.15, -0.1) is 10.2 Å². The van der Waals surface area contributed by atoms with Gasteiger partial charge in [0, 0.05) is 30.5 Å². The Morgan fingerprint density at radius 1 is 1.12 bits per heavy atom. The lowest BCUT2D eigenvalue weighted by Gasteiger charge is -2.28. The zero-order valence-corrected chi connectivity index (χ0v) is 16.2. The van der Waals surface area contributed by atoms with Gasteiger partial charge in [0.2, 0.25) is 5.95 Å². The zero-order chi connectivity index (χ0) is 17.8. The first kappa shape index (κ1) is 18.1. The molecule has 1 atom stereocenters. The van der Waals surface area contributed by atoms with Crippen LogP contribution in [0.2, 0.25) is 5.02 Å². The fourth-order valence-electron chi connectivity index (χ4n) is 3.27. The van der Waals surface area contributed by atoms with Crippen molar-refractivity contribution in [1.82, 2.24) is 14.8 Å². The van der Waals surface area contributed by atoms with Crippen LogP contribution in [0.1, 0.15) is 18.4 Å². The van der Waals surface area contributed by atoms with Gasteiger partial charge in [-0.25, -0.2) is 0 Å². The SMILES string of the molecule is Clc1ccc(CSc2nnc(N3CCOCC3)n2CC2CCCO2)cc1. The highest BCUT2D eigenvalue weighted by Crippen LogP contribution is 2.28. The number of benzene rings is 1. The molecule has 1 unspecified atom stereocenters. The van der Waals surface area contributed by atoms with Crippen molar-refractivity contribution in [2.45, 2.75) is 36.4 Å². The van der Waals surface area contributed by atoms with E-state index in [2.05, 4.69) is 31.8 Å². The number of morpholine rings is 1. The predicted octanol–water partition coefficient (Wildman–Crippen LogP) is 3.24. The molecule has 3 heterocycles. The van der Waals surface area contributed by atoms with Gasteiger partial charge in [0.25, 0.3) is 0 Å². The Hall–Kier alpha value is -1.28. The van der Waals surface area contributed by atoms with Crippen LogP contribution in [-0.2, 0) is 21.8 Å². The Morgan fingerprint density at radius 3 is 2.65 bits per heavy atom. The van der Waals surface area contributed by atoms with Crippen LogP contribution in [0.25, 0.3) is 0 Å². The van der Waals surface area contributed by atoms with Gasteiger partial charge in [-0.2, -0.15) is 0 Å². The van der Waals surface area contributed by atoms with Gasteiger partial charge in [-0.1, -0.05) is 35.5 Å². The summed E-state index contributed by atoms with van der Waals surface area (Å²) in [6.07, 6.45) is 2.48. The maximum atomic E-state index is 5.98. The molecule has 2 saturated heterocycles. The van der Waals surface area contributed by atoms with Crippen molar-refractivity contribution >= 4 is 29.3 Å². The van der Waals surface area contributed by atoms with Crippen molar-refractivity contribution < 1.29 is 9.47 Å². The highest BCUT2D eigenvalue weighted by molar-refractivity contribution is 7.98. The van der Waals surface area contributed by atoms with Crippen molar-refractivity contribution in [1.29, 1.82) is 0 Å². The fourth-order valence-corrected chi connectivity index (χ4v) is 4.29. The number of nitrogens with zero attached hydrogens (tertiary/aromatic N) is 4. The molecule has 0 bridgehead atoms. The molecule has 1 aromatic heterocycles. The topological polar surface area (TPSA) is 52.4 Å². The van der Waals surface area contributed by atoms with E-state index in [1.165, 1.54) is 5.56 Å². The Kier molecular flexibility index (Phi) is 5.99. The maximum Gasteiger partial charge on any atom is 0.228 e. The third kappa shape index (κ3) is 4.34. The van der Waals surface area contributed by atoms with Crippen molar-refractivity contribution in [3.05, 3.63) is 34.9 Å². The summed E-state index contributed by atoms with van der Waals surface area (Å²) in [4.78, 5) is 2.26. The van der Waals surface area contributed by atoms with E-state index in [4.69, 9.17) is 21.1 Å². The number of rotatable bonds is 6. The molecule has 2 fully saturated rings. The third-order valence-corrected chi connectivity index (χ3v) is 5.97. The summed E-state index contributed by atoms with van der Waals surface area (Å²) in [7, 11) is 0. The lowest BCUT2D eigenvalue weighted by molar-refractivity contribution is 0.0942. The van der Waals surface area contributed by atoms with Gasteiger partial charge in [0.1, 0.15) is 0 Å². The van der Waals surface area contributed by atoms with Crippen molar-refractivity contribution in [2.24, 2.45) is 0 Å². The second kappa shape index (κ2) is 8.61. The lowest BCUT2D eigenvalue weighted by atomic mass is 10.2. The molecule has 0 aliphatic carbocycles. The minimum atomic E-state index is 0.251. The molecule has 4 rings (SSSR count). The Bertz CT molecular complexity index is 712. The summed E-state index contributed by atoms with van der Waals surface area (Å²) >= 11 is 7.68. The molecule has 8 heteroatoms. The highest BCUT2D eigenvalue weighted by Gasteiger charge is 2.24. The van der Waals surface area contributed by atoms with E-state index < -0.39 is 0 Å². The van der Waals surface area contributed by atoms with Crippen LogP contribution >= 0.6 is 23.4 Å². The molecule has 0 radical (unpaired) electrons. The van der Waals surface area contributed by atoms with E-state index in [9.17, 15) is 0 Å². The Labute approximate surface area is 162 Å². The van der Waals surface area contributed by atoms with Crippen molar-refractivity contribution in [2.75, 3.05) is 37.8 Å². The largest absolute Gasteiger partial charge is 0.378 e. The summed E-state index contributed by atoms with van der Waals surface area (Å²) in [5.74, 6) is 1.77. The van der Waals surface area contributed by atoms with Gasteiger partial charge < -0.3 is 14.4 Å². The Balaban J connectivity index is 1.52. The number of hydrogen-bond donors (Lipinski definition) is 0. The standard InChI is InChI=1S/C18H23ClN4O2S/c19-15-5-3-14(4-6-15)13-26-18-21-20-17(22-7-10-24-11-8-22)23(18)12-16-2-1-9-25-16/h3-6,16H,1-2,7-13H2. The summed E-state index contributed by atoms with van der Waals surface area (Å²) in [6, 6.07) is 7.96. The van der Waals surface area contributed by atoms with Gasteiger partial charge in [-0.05, 0) is 30.5 Å². The van der Waals surface area contributed by atoms with E-state index in [0.29, 0.717) is 0 Å². The minimum absolute atomic E-state index is 0.251.